The van der Waals surface area contributed by atoms with Crippen LogP contribution in [-0.4, -0.2) is 142 Å². The van der Waals surface area contributed by atoms with Crippen LogP contribution >= 0.6 is 0 Å². The summed E-state index contributed by atoms with van der Waals surface area (Å²) in [6.45, 7) is 5.81. The number of carbonyl (C=O) groups is 1. The van der Waals surface area contributed by atoms with Crippen LogP contribution in [0.5, 0.6) is 5.75 Å². The number of fused-ring (bicyclic) bond motifs is 2. The lowest BCUT2D eigenvalue weighted by molar-refractivity contribution is -0.330. The molecule has 12 nitrogen and oxygen atoms in total. The second-order valence-electron chi connectivity index (χ2n) is 14.6. The van der Waals surface area contributed by atoms with Crippen molar-refractivity contribution in [3.8, 4) is 5.75 Å². The predicted octanol–water partition coefficient (Wildman–Crippen LogP) is 1.13. The normalized spacial score (nSPS) is 49.2. The van der Waals surface area contributed by atoms with Crippen LogP contribution in [0.4, 0.5) is 0 Å². The highest BCUT2D eigenvalue weighted by molar-refractivity contribution is 5.89. The minimum atomic E-state index is -1.74. The molecular weight excluding hydrogens is 610 g/mol. The van der Waals surface area contributed by atoms with Gasteiger partial charge in [0.1, 0.15) is 35.3 Å². The van der Waals surface area contributed by atoms with E-state index in [1.807, 2.05) is 6.92 Å². The number of benzene rings is 1. The Morgan fingerprint density at radius 3 is 2.28 bits per heavy atom. The smallest absolute Gasteiger partial charge is 0.338 e. The molecule has 5 aliphatic carbocycles. The lowest BCUT2D eigenvalue weighted by Crippen LogP contribution is -2.81. The largest absolute Gasteiger partial charge is 0.497 e. The number of carbonyl (C=O) groups excluding carboxylic acids is 1. The first-order chi connectivity index (χ1) is 22.6. The Balaban J connectivity index is 1.48. The van der Waals surface area contributed by atoms with Crippen LogP contribution in [-0.2, 0) is 28.4 Å². The Morgan fingerprint density at radius 1 is 0.979 bits per heavy atom. The summed E-state index contributed by atoms with van der Waals surface area (Å²) in [6.07, 6.45) is -4.56. The van der Waals surface area contributed by atoms with Gasteiger partial charge in [-0.3, -0.25) is 4.90 Å². The molecule has 7 bridgehead atoms. The molecular formula is C35H51NO11. The fraction of sp³-hybridized carbons (Fsp3) is 0.800. The van der Waals surface area contributed by atoms with E-state index in [9.17, 15) is 20.1 Å². The number of methoxy groups -OCH3 is 5. The zero-order valence-electron chi connectivity index (χ0n) is 28.5. The molecule has 262 valence electrons. The molecule has 3 N–H and O–H groups in total. The molecule has 0 amide bonds. The van der Waals surface area contributed by atoms with Gasteiger partial charge in [-0.25, -0.2) is 4.79 Å². The Kier molecular flexibility index (Phi) is 8.30. The molecule has 12 heteroatoms. The third kappa shape index (κ3) is 3.88. The highest BCUT2D eigenvalue weighted by Crippen LogP contribution is 2.80. The van der Waals surface area contributed by atoms with Crippen molar-refractivity contribution in [2.24, 2.45) is 34.5 Å². The number of nitrogens with zero attached hydrogens (tertiary/aromatic N) is 1. The Bertz CT molecular complexity index is 1350. The van der Waals surface area contributed by atoms with Crippen LogP contribution in [0, 0.1) is 34.5 Å². The van der Waals surface area contributed by atoms with Crippen molar-refractivity contribution in [3.05, 3.63) is 29.8 Å². The summed E-state index contributed by atoms with van der Waals surface area (Å²) in [6, 6.07) is 6.45. The van der Waals surface area contributed by atoms with Crippen molar-refractivity contribution in [1.82, 2.24) is 4.90 Å². The first kappa shape index (κ1) is 33.6. The molecule has 1 saturated heterocycles. The number of rotatable bonds is 11. The molecule has 1 heterocycles. The summed E-state index contributed by atoms with van der Waals surface area (Å²) in [5.41, 5.74) is -4.16. The van der Waals surface area contributed by atoms with E-state index in [2.05, 4.69) is 11.8 Å². The van der Waals surface area contributed by atoms with Gasteiger partial charge < -0.3 is 48.5 Å². The fourth-order valence-corrected chi connectivity index (χ4v) is 12.5. The average molecular weight is 662 g/mol. The summed E-state index contributed by atoms with van der Waals surface area (Å²) in [5.74, 6) is -1.71. The summed E-state index contributed by atoms with van der Waals surface area (Å²) in [5, 5.41) is 37.5. The SMILES string of the molecule is CCO[C@@]12C3C(OC)[C@@H]4C5(COC)CN(CC)[C@H]3C4(C(OC)CC5O)[C@@H]3C[C@](O)(C(OC(=O)c4ccc(OC)cc4)[C@@H]31)[C@@H](OC)C2O. The lowest BCUT2D eigenvalue weighted by Gasteiger charge is -2.70. The maximum Gasteiger partial charge on any atom is 0.338 e. The molecule has 15 atom stereocenters. The number of hydrogen-bond acceptors (Lipinski definition) is 12. The van der Waals surface area contributed by atoms with Gasteiger partial charge in [-0.15, -0.1) is 0 Å². The molecule has 1 aromatic carbocycles. The number of esters is 1. The van der Waals surface area contributed by atoms with Gasteiger partial charge in [0.2, 0.25) is 0 Å². The molecule has 1 aromatic rings. The maximum atomic E-state index is 13.9. The van der Waals surface area contributed by atoms with E-state index in [-0.39, 0.29) is 30.9 Å². The highest BCUT2D eigenvalue weighted by Gasteiger charge is 2.91. The summed E-state index contributed by atoms with van der Waals surface area (Å²) >= 11 is 0. The summed E-state index contributed by atoms with van der Waals surface area (Å²) in [7, 11) is 8.06. The first-order valence-electron chi connectivity index (χ1n) is 17.0. The van der Waals surface area contributed by atoms with Gasteiger partial charge in [-0.1, -0.05) is 6.92 Å². The van der Waals surface area contributed by atoms with Gasteiger partial charge in [-0.05, 0) is 50.1 Å². The highest BCUT2D eigenvalue weighted by atomic mass is 16.6. The van der Waals surface area contributed by atoms with Crippen molar-refractivity contribution in [1.29, 1.82) is 0 Å². The number of aliphatic hydroxyl groups is 3. The molecule has 6 fully saturated rings. The van der Waals surface area contributed by atoms with Crippen molar-refractivity contribution >= 4 is 5.97 Å². The Labute approximate surface area is 276 Å². The quantitative estimate of drug-likeness (QED) is 0.293. The Morgan fingerprint density at radius 2 is 1.70 bits per heavy atom. The molecule has 47 heavy (non-hydrogen) atoms. The number of ether oxygens (including phenoxy) is 7. The minimum Gasteiger partial charge on any atom is -0.497 e. The number of piperidine rings is 1. The second-order valence-corrected chi connectivity index (χ2v) is 14.6. The van der Waals surface area contributed by atoms with E-state index >= 15 is 0 Å². The van der Waals surface area contributed by atoms with Gasteiger partial charge in [0, 0.05) is 82.6 Å². The molecule has 0 radical (unpaired) electrons. The molecule has 6 aliphatic rings. The number of aliphatic hydroxyl groups excluding tert-OH is 2. The van der Waals surface area contributed by atoms with Crippen molar-refractivity contribution < 1.29 is 53.3 Å². The van der Waals surface area contributed by atoms with Crippen molar-refractivity contribution in [2.45, 2.75) is 80.6 Å². The second kappa shape index (κ2) is 11.6. The molecule has 5 saturated carbocycles. The standard InChI is InChI=1S/C35H51NO11/c1-8-36-16-32(17-41-3)21(37)14-22(43-5)34-20-15-33(40)29(47-31(39)18-10-12-19(42-4)13-11-18)23(20)35(46-9-2,28(38)30(33)45-7)24(27(34)36)25(44-6)26(32)34/h10-13,20-30,37-38,40H,8-9,14-17H2,1-7H3/t20-,21?,22?,23-,24?,25?,26-,27-,28?,29?,30+,32?,33+,34?,35-/m1/s1. The molecule has 0 aromatic heterocycles. The molecule has 1 aliphatic heterocycles. The summed E-state index contributed by atoms with van der Waals surface area (Å²) in [4.78, 5) is 16.3. The van der Waals surface area contributed by atoms with E-state index in [1.54, 1.807) is 52.7 Å². The molecule has 8 unspecified atom stereocenters. The topological polar surface area (TPSA) is 146 Å². The fourth-order valence-electron chi connectivity index (χ4n) is 12.5. The third-order valence-corrected chi connectivity index (χ3v) is 13.6. The van der Waals surface area contributed by atoms with Crippen molar-refractivity contribution in [3.63, 3.8) is 0 Å². The maximum absolute atomic E-state index is 13.9. The molecule has 7 rings (SSSR count). The first-order valence-corrected chi connectivity index (χ1v) is 17.0. The van der Waals surface area contributed by atoms with Crippen LogP contribution in [0.15, 0.2) is 24.3 Å². The van der Waals surface area contributed by atoms with Crippen LogP contribution in [0.25, 0.3) is 0 Å². The van der Waals surface area contributed by atoms with Crippen LogP contribution < -0.4 is 4.74 Å². The zero-order chi connectivity index (χ0) is 33.7. The summed E-state index contributed by atoms with van der Waals surface area (Å²) < 4.78 is 43.5. The van der Waals surface area contributed by atoms with Crippen LogP contribution in [0.3, 0.4) is 0 Å². The van der Waals surface area contributed by atoms with Gasteiger partial charge in [0.25, 0.3) is 0 Å². The van der Waals surface area contributed by atoms with Gasteiger partial charge in [-0.2, -0.15) is 0 Å². The third-order valence-electron chi connectivity index (χ3n) is 13.6. The van der Waals surface area contributed by atoms with E-state index in [1.165, 1.54) is 7.11 Å². The van der Waals surface area contributed by atoms with Crippen molar-refractivity contribution in [2.75, 3.05) is 61.9 Å². The average Bonchev–Trinajstić information content (AvgIpc) is 3.44. The zero-order valence-corrected chi connectivity index (χ0v) is 28.5. The van der Waals surface area contributed by atoms with E-state index in [0.717, 1.165) is 0 Å². The predicted molar refractivity (Wildman–Crippen MR) is 167 cm³/mol. The lowest BCUT2D eigenvalue weighted by atomic mass is 9.42. The monoisotopic (exact) mass is 661 g/mol. The van der Waals surface area contributed by atoms with Gasteiger partial charge in [0.15, 0.2) is 0 Å². The number of likely N-dealkylation sites (tertiary alicyclic amines) is 1. The van der Waals surface area contributed by atoms with Crippen LogP contribution in [0.2, 0.25) is 0 Å². The minimum absolute atomic E-state index is 0.176. The molecule has 1 spiro atoms. The number of hydrogen-bond donors (Lipinski definition) is 3. The van der Waals surface area contributed by atoms with E-state index in [0.29, 0.717) is 37.4 Å². The van der Waals surface area contributed by atoms with E-state index < -0.39 is 76.5 Å². The van der Waals surface area contributed by atoms with Gasteiger partial charge in [0.05, 0.1) is 37.6 Å². The van der Waals surface area contributed by atoms with Gasteiger partial charge >= 0.3 is 5.97 Å². The van der Waals surface area contributed by atoms with E-state index in [4.69, 9.17) is 33.2 Å². The van der Waals surface area contributed by atoms with Crippen LogP contribution in [0.1, 0.15) is 37.0 Å². The Hall–Kier alpha value is -1.87.